The first-order chi connectivity index (χ1) is 9.81. The second-order valence-electron chi connectivity index (χ2n) is 3.99. The molecule has 1 aromatic heterocycles. The van der Waals surface area contributed by atoms with Crippen LogP contribution in [-0.2, 0) is 5.33 Å². The van der Waals surface area contributed by atoms with E-state index in [2.05, 4.69) is 20.9 Å². The van der Waals surface area contributed by atoms with Gasteiger partial charge in [0, 0.05) is 5.33 Å². The second-order valence-corrected chi connectivity index (χ2v) is 4.55. The molecule has 0 radical (unpaired) electrons. The lowest BCUT2D eigenvalue weighted by Gasteiger charge is -2.08. The summed E-state index contributed by atoms with van der Waals surface area (Å²) in [6.45, 7) is 0.952. The Balaban J connectivity index is 1.72. The van der Waals surface area contributed by atoms with E-state index in [1.807, 2.05) is 36.4 Å². The van der Waals surface area contributed by atoms with Crippen LogP contribution in [-0.4, -0.2) is 25.3 Å². The highest BCUT2D eigenvalue weighted by Gasteiger charge is 1.98. The first-order valence-electron chi connectivity index (χ1n) is 6.22. The van der Waals surface area contributed by atoms with Gasteiger partial charge in [-0.1, -0.05) is 15.9 Å². The molecule has 0 fully saturated rings. The molecule has 2 aromatic rings. The molecule has 20 heavy (non-hydrogen) atoms. The van der Waals surface area contributed by atoms with E-state index in [1.54, 1.807) is 13.3 Å². The van der Waals surface area contributed by atoms with Gasteiger partial charge in [-0.2, -0.15) is 0 Å². The molecule has 0 unspecified atom stereocenters. The Bertz CT molecular complexity index is 464. The van der Waals surface area contributed by atoms with Crippen molar-refractivity contribution in [3.05, 3.63) is 48.3 Å². The standard InChI is InChI=1S/C15H16BrNO3/c1-18-13-4-6-14(7-5-13)19-8-9-20-15-3-2-12(10-16)17-11-15/h2-7,11H,8-10H2,1H3. The van der Waals surface area contributed by atoms with Crippen molar-refractivity contribution in [3.63, 3.8) is 0 Å². The van der Waals surface area contributed by atoms with E-state index >= 15 is 0 Å². The van der Waals surface area contributed by atoms with Crippen molar-refractivity contribution in [2.75, 3.05) is 20.3 Å². The van der Waals surface area contributed by atoms with Gasteiger partial charge in [-0.25, -0.2) is 0 Å². The van der Waals surface area contributed by atoms with Gasteiger partial charge >= 0.3 is 0 Å². The molecule has 0 spiro atoms. The van der Waals surface area contributed by atoms with Crippen molar-refractivity contribution in [2.45, 2.75) is 5.33 Å². The number of benzene rings is 1. The summed E-state index contributed by atoms with van der Waals surface area (Å²) in [5.74, 6) is 2.35. The molecule has 4 nitrogen and oxygen atoms in total. The van der Waals surface area contributed by atoms with E-state index in [1.165, 1.54) is 0 Å². The van der Waals surface area contributed by atoms with Crippen molar-refractivity contribution in [3.8, 4) is 17.2 Å². The molecule has 5 heteroatoms. The Labute approximate surface area is 126 Å². The predicted molar refractivity (Wildman–Crippen MR) is 80.9 cm³/mol. The van der Waals surface area contributed by atoms with E-state index in [0.29, 0.717) is 13.2 Å². The molecule has 0 N–H and O–H groups in total. The van der Waals surface area contributed by atoms with Crippen LogP contribution in [0.3, 0.4) is 0 Å². The van der Waals surface area contributed by atoms with Gasteiger partial charge in [0.2, 0.25) is 0 Å². The van der Waals surface area contributed by atoms with Crippen molar-refractivity contribution in [1.82, 2.24) is 4.98 Å². The minimum Gasteiger partial charge on any atom is -0.497 e. The lowest BCUT2D eigenvalue weighted by Crippen LogP contribution is -2.09. The topological polar surface area (TPSA) is 40.6 Å². The molecule has 0 atom stereocenters. The van der Waals surface area contributed by atoms with E-state index in [4.69, 9.17) is 14.2 Å². The molecule has 0 bridgehead atoms. The van der Waals surface area contributed by atoms with Gasteiger partial charge in [-0.15, -0.1) is 0 Å². The van der Waals surface area contributed by atoms with Crippen LogP contribution in [0.5, 0.6) is 17.2 Å². The molecule has 0 aliphatic heterocycles. The van der Waals surface area contributed by atoms with Crippen LogP contribution in [0.1, 0.15) is 5.69 Å². The lowest BCUT2D eigenvalue weighted by atomic mass is 10.3. The molecule has 0 amide bonds. The summed E-state index contributed by atoms with van der Waals surface area (Å²) in [7, 11) is 1.64. The fourth-order valence-electron chi connectivity index (χ4n) is 1.57. The van der Waals surface area contributed by atoms with Gasteiger partial charge in [0.15, 0.2) is 0 Å². The molecule has 1 heterocycles. The number of ether oxygens (including phenoxy) is 3. The monoisotopic (exact) mass is 337 g/mol. The van der Waals surface area contributed by atoms with Gasteiger partial charge in [0.25, 0.3) is 0 Å². The van der Waals surface area contributed by atoms with Crippen LogP contribution in [0.15, 0.2) is 42.6 Å². The van der Waals surface area contributed by atoms with Crippen molar-refractivity contribution >= 4 is 15.9 Å². The van der Waals surface area contributed by atoms with Gasteiger partial charge in [0.1, 0.15) is 30.5 Å². The number of rotatable bonds is 7. The maximum absolute atomic E-state index is 5.56. The first-order valence-corrected chi connectivity index (χ1v) is 7.34. The number of halogens is 1. The molecule has 0 aliphatic carbocycles. The molecule has 2 rings (SSSR count). The lowest BCUT2D eigenvalue weighted by molar-refractivity contribution is 0.216. The Morgan fingerprint density at radius 2 is 1.50 bits per heavy atom. The fourth-order valence-corrected chi connectivity index (χ4v) is 1.90. The zero-order valence-corrected chi connectivity index (χ0v) is 12.8. The minimum absolute atomic E-state index is 0.474. The molecule has 0 aliphatic rings. The molecule has 1 aromatic carbocycles. The molecular formula is C15H16BrNO3. The summed E-state index contributed by atoms with van der Waals surface area (Å²) in [4.78, 5) is 4.23. The van der Waals surface area contributed by atoms with E-state index in [9.17, 15) is 0 Å². The summed E-state index contributed by atoms with van der Waals surface area (Å²) in [6, 6.07) is 11.3. The van der Waals surface area contributed by atoms with Crippen LogP contribution in [0.2, 0.25) is 0 Å². The number of hydrogen-bond donors (Lipinski definition) is 0. The number of alkyl halides is 1. The van der Waals surface area contributed by atoms with Gasteiger partial charge in [0.05, 0.1) is 19.0 Å². The number of hydrogen-bond acceptors (Lipinski definition) is 4. The van der Waals surface area contributed by atoms with Crippen LogP contribution >= 0.6 is 15.9 Å². The third-order valence-electron chi connectivity index (χ3n) is 2.61. The van der Waals surface area contributed by atoms with Crippen LogP contribution in [0.25, 0.3) is 0 Å². The summed E-state index contributed by atoms with van der Waals surface area (Å²) >= 11 is 3.35. The predicted octanol–water partition coefficient (Wildman–Crippen LogP) is 3.44. The van der Waals surface area contributed by atoms with Crippen molar-refractivity contribution in [1.29, 1.82) is 0 Å². The number of pyridine rings is 1. The first kappa shape index (κ1) is 14.7. The number of aromatic nitrogens is 1. The third kappa shape index (κ3) is 4.42. The van der Waals surface area contributed by atoms with E-state index in [-0.39, 0.29) is 0 Å². The summed E-state index contributed by atoms with van der Waals surface area (Å²) < 4.78 is 16.2. The van der Waals surface area contributed by atoms with E-state index in [0.717, 1.165) is 28.3 Å². The largest absolute Gasteiger partial charge is 0.497 e. The van der Waals surface area contributed by atoms with Gasteiger partial charge < -0.3 is 14.2 Å². The summed E-state index contributed by atoms with van der Waals surface area (Å²) in [5, 5.41) is 0.744. The fraction of sp³-hybridized carbons (Fsp3) is 0.267. The van der Waals surface area contributed by atoms with Crippen LogP contribution in [0.4, 0.5) is 0 Å². The normalized spacial score (nSPS) is 10.1. The second kappa shape index (κ2) is 7.75. The smallest absolute Gasteiger partial charge is 0.137 e. The van der Waals surface area contributed by atoms with Gasteiger partial charge in [-0.3, -0.25) is 4.98 Å². The van der Waals surface area contributed by atoms with Crippen LogP contribution < -0.4 is 14.2 Å². The SMILES string of the molecule is COc1ccc(OCCOc2ccc(CBr)nc2)cc1. The highest BCUT2D eigenvalue weighted by Crippen LogP contribution is 2.17. The Morgan fingerprint density at radius 3 is 2.05 bits per heavy atom. The maximum Gasteiger partial charge on any atom is 0.137 e. The van der Waals surface area contributed by atoms with Gasteiger partial charge in [-0.05, 0) is 36.4 Å². The number of nitrogens with zero attached hydrogens (tertiary/aromatic N) is 1. The number of methoxy groups -OCH3 is 1. The van der Waals surface area contributed by atoms with E-state index < -0.39 is 0 Å². The van der Waals surface area contributed by atoms with Crippen molar-refractivity contribution < 1.29 is 14.2 Å². The molecular weight excluding hydrogens is 322 g/mol. The summed E-state index contributed by atoms with van der Waals surface area (Å²) in [6.07, 6.45) is 1.71. The minimum atomic E-state index is 0.474. The van der Waals surface area contributed by atoms with Crippen molar-refractivity contribution in [2.24, 2.45) is 0 Å². The Hall–Kier alpha value is -1.75. The molecule has 106 valence electrons. The Kier molecular flexibility index (Phi) is 5.68. The summed E-state index contributed by atoms with van der Waals surface area (Å²) in [5.41, 5.74) is 0.979. The molecule has 0 saturated heterocycles. The highest BCUT2D eigenvalue weighted by atomic mass is 79.9. The van der Waals surface area contributed by atoms with Crippen LogP contribution in [0, 0.1) is 0 Å². The average molecular weight is 338 g/mol. The molecule has 0 saturated carbocycles. The maximum atomic E-state index is 5.56. The zero-order valence-electron chi connectivity index (χ0n) is 11.2. The average Bonchev–Trinajstić information content (AvgIpc) is 2.53. The quantitative estimate of drug-likeness (QED) is 0.573. The Morgan fingerprint density at radius 1 is 0.900 bits per heavy atom. The highest BCUT2D eigenvalue weighted by molar-refractivity contribution is 9.08. The third-order valence-corrected chi connectivity index (χ3v) is 3.19. The zero-order chi connectivity index (χ0) is 14.2.